The zero-order chi connectivity index (χ0) is 17.2. The van der Waals surface area contributed by atoms with Crippen LogP contribution in [0.25, 0.3) is 0 Å². The minimum Gasteiger partial charge on any atom is -0.496 e. The van der Waals surface area contributed by atoms with E-state index < -0.39 is 5.60 Å². The summed E-state index contributed by atoms with van der Waals surface area (Å²) in [6, 6.07) is 3.51. The summed E-state index contributed by atoms with van der Waals surface area (Å²) in [6.45, 7) is 7.19. The van der Waals surface area contributed by atoms with Gasteiger partial charge in [-0.3, -0.25) is 9.59 Å². The van der Waals surface area contributed by atoms with Gasteiger partial charge < -0.3 is 18.9 Å². The van der Waals surface area contributed by atoms with Crippen molar-refractivity contribution in [1.29, 1.82) is 0 Å². The number of esters is 2. The van der Waals surface area contributed by atoms with Crippen LogP contribution in [0.1, 0.15) is 31.9 Å². The summed E-state index contributed by atoms with van der Waals surface area (Å²) in [7, 11) is 1.57. The fourth-order valence-corrected chi connectivity index (χ4v) is 2.17. The number of hydrogen-bond acceptors (Lipinski definition) is 6. The number of ether oxygens (including phenoxy) is 4. The van der Waals surface area contributed by atoms with Gasteiger partial charge in [0.1, 0.15) is 18.1 Å². The lowest BCUT2D eigenvalue weighted by molar-refractivity contribution is -0.143. The fraction of sp³-hybridized carbons (Fsp3) is 0.529. The molecule has 1 atom stereocenters. The third-order valence-corrected chi connectivity index (χ3v) is 3.67. The summed E-state index contributed by atoms with van der Waals surface area (Å²) in [5, 5.41) is 0. The van der Waals surface area contributed by atoms with Crippen LogP contribution in [0, 0.1) is 12.8 Å². The van der Waals surface area contributed by atoms with Crippen molar-refractivity contribution in [2.75, 3.05) is 20.3 Å². The second-order valence-electron chi connectivity index (χ2n) is 5.96. The molecule has 1 saturated heterocycles. The minimum atomic E-state index is -0.779. The fourth-order valence-electron chi connectivity index (χ4n) is 2.17. The predicted molar refractivity (Wildman–Crippen MR) is 82.5 cm³/mol. The highest BCUT2D eigenvalue weighted by Crippen LogP contribution is 2.46. The SMILES string of the molecule is COc1cc(C2(COC(C)=O)CO2)c(OC(=O)C(C)C)cc1C. The van der Waals surface area contributed by atoms with Crippen molar-refractivity contribution >= 4 is 11.9 Å². The number of benzene rings is 1. The maximum absolute atomic E-state index is 12.0. The maximum atomic E-state index is 12.0. The summed E-state index contributed by atoms with van der Waals surface area (Å²) in [6.07, 6.45) is 0. The van der Waals surface area contributed by atoms with E-state index in [4.69, 9.17) is 18.9 Å². The molecule has 0 amide bonds. The van der Waals surface area contributed by atoms with Gasteiger partial charge in [0.25, 0.3) is 0 Å². The summed E-state index contributed by atoms with van der Waals surface area (Å²) >= 11 is 0. The van der Waals surface area contributed by atoms with Crippen LogP contribution in [-0.4, -0.2) is 32.3 Å². The molecule has 6 heteroatoms. The Labute approximate surface area is 135 Å². The van der Waals surface area contributed by atoms with Crippen LogP contribution < -0.4 is 9.47 Å². The number of epoxide rings is 1. The van der Waals surface area contributed by atoms with Crippen LogP contribution in [-0.2, 0) is 24.7 Å². The quantitative estimate of drug-likeness (QED) is 0.455. The molecule has 126 valence electrons. The third kappa shape index (κ3) is 3.82. The van der Waals surface area contributed by atoms with Gasteiger partial charge in [-0.15, -0.1) is 0 Å². The molecule has 23 heavy (non-hydrogen) atoms. The Kier molecular flexibility index (Phi) is 4.94. The van der Waals surface area contributed by atoms with E-state index in [-0.39, 0.29) is 24.5 Å². The number of carbonyl (C=O) groups is 2. The van der Waals surface area contributed by atoms with E-state index in [1.807, 2.05) is 6.92 Å². The lowest BCUT2D eigenvalue weighted by Crippen LogP contribution is -2.22. The molecule has 1 aromatic rings. The summed E-state index contributed by atoms with van der Waals surface area (Å²) in [4.78, 5) is 23.1. The first kappa shape index (κ1) is 17.3. The van der Waals surface area contributed by atoms with Crippen molar-refractivity contribution in [2.45, 2.75) is 33.3 Å². The summed E-state index contributed by atoms with van der Waals surface area (Å²) < 4.78 is 21.5. The van der Waals surface area contributed by atoms with Crippen molar-refractivity contribution in [3.8, 4) is 11.5 Å². The molecule has 1 aliphatic heterocycles. The Morgan fingerprint density at radius 1 is 1.30 bits per heavy atom. The van der Waals surface area contributed by atoms with Crippen LogP contribution in [0.2, 0.25) is 0 Å². The van der Waals surface area contributed by atoms with E-state index >= 15 is 0 Å². The highest BCUT2D eigenvalue weighted by molar-refractivity contribution is 5.75. The molecule has 0 saturated carbocycles. The molecule has 1 aliphatic rings. The Hall–Kier alpha value is -2.08. The van der Waals surface area contributed by atoms with Crippen molar-refractivity contribution in [2.24, 2.45) is 5.92 Å². The maximum Gasteiger partial charge on any atom is 0.313 e. The lowest BCUT2D eigenvalue weighted by Gasteiger charge is -2.19. The monoisotopic (exact) mass is 322 g/mol. The third-order valence-electron chi connectivity index (χ3n) is 3.67. The van der Waals surface area contributed by atoms with Crippen molar-refractivity contribution in [3.05, 3.63) is 23.3 Å². The van der Waals surface area contributed by atoms with E-state index in [2.05, 4.69) is 0 Å². The van der Waals surface area contributed by atoms with E-state index in [1.54, 1.807) is 33.1 Å². The van der Waals surface area contributed by atoms with Gasteiger partial charge in [0.15, 0.2) is 5.60 Å². The highest BCUT2D eigenvalue weighted by atomic mass is 16.6. The van der Waals surface area contributed by atoms with E-state index in [0.29, 0.717) is 23.7 Å². The first-order valence-electron chi connectivity index (χ1n) is 7.47. The second kappa shape index (κ2) is 6.58. The number of rotatable bonds is 6. The van der Waals surface area contributed by atoms with Crippen LogP contribution in [0.4, 0.5) is 0 Å². The van der Waals surface area contributed by atoms with Crippen molar-refractivity contribution in [3.63, 3.8) is 0 Å². The Morgan fingerprint density at radius 3 is 2.43 bits per heavy atom. The molecule has 0 aromatic heterocycles. The molecule has 1 unspecified atom stereocenters. The normalized spacial score (nSPS) is 19.4. The van der Waals surface area contributed by atoms with E-state index in [1.165, 1.54) is 6.92 Å². The molecule has 2 rings (SSSR count). The molecule has 0 bridgehead atoms. The molecule has 1 heterocycles. The zero-order valence-electron chi connectivity index (χ0n) is 14.1. The van der Waals surface area contributed by atoms with Crippen LogP contribution in [0.15, 0.2) is 12.1 Å². The van der Waals surface area contributed by atoms with Crippen LogP contribution in [0.5, 0.6) is 11.5 Å². The highest BCUT2D eigenvalue weighted by Gasteiger charge is 2.50. The molecule has 0 aliphatic carbocycles. The number of methoxy groups -OCH3 is 1. The van der Waals surface area contributed by atoms with Crippen LogP contribution >= 0.6 is 0 Å². The van der Waals surface area contributed by atoms with Crippen LogP contribution in [0.3, 0.4) is 0 Å². The lowest BCUT2D eigenvalue weighted by atomic mass is 9.97. The molecule has 0 N–H and O–H groups in total. The molecule has 0 spiro atoms. The first-order valence-corrected chi connectivity index (χ1v) is 7.47. The average molecular weight is 322 g/mol. The van der Waals surface area contributed by atoms with Gasteiger partial charge in [-0.1, -0.05) is 13.8 Å². The Balaban J connectivity index is 2.39. The summed E-state index contributed by atoms with van der Waals surface area (Å²) in [5.41, 5.74) is 0.709. The molecule has 0 radical (unpaired) electrons. The largest absolute Gasteiger partial charge is 0.496 e. The average Bonchev–Trinajstić information content (AvgIpc) is 3.26. The summed E-state index contributed by atoms with van der Waals surface area (Å²) in [5.74, 6) is 0.0854. The predicted octanol–water partition coefficient (Wildman–Crippen LogP) is 2.35. The first-order chi connectivity index (χ1) is 10.8. The Bertz CT molecular complexity index is 616. The second-order valence-corrected chi connectivity index (χ2v) is 5.96. The van der Waals surface area contributed by atoms with Gasteiger partial charge in [-0.2, -0.15) is 0 Å². The van der Waals surface area contributed by atoms with Crippen molar-refractivity contribution in [1.82, 2.24) is 0 Å². The number of hydrogen-bond donors (Lipinski definition) is 0. The Morgan fingerprint density at radius 2 is 1.96 bits per heavy atom. The zero-order valence-corrected chi connectivity index (χ0v) is 14.1. The number of aryl methyl sites for hydroxylation is 1. The smallest absolute Gasteiger partial charge is 0.313 e. The molecular weight excluding hydrogens is 300 g/mol. The van der Waals surface area contributed by atoms with Gasteiger partial charge in [-0.25, -0.2) is 0 Å². The van der Waals surface area contributed by atoms with Gasteiger partial charge in [-0.05, 0) is 24.6 Å². The van der Waals surface area contributed by atoms with E-state index in [0.717, 1.165) is 5.56 Å². The van der Waals surface area contributed by atoms with Crippen molar-refractivity contribution < 1.29 is 28.5 Å². The van der Waals surface area contributed by atoms with Gasteiger partial charge >= 0.3 is 11.9 Å². The minimum absolute atomic E-state index is 0.0702. The topological polar surface area (TPSA) is 74.4 Å². The van der Waals surface area contributed by atoms with Gasteiger partial charge in [0.05, 0.1) is 19.6 Å². The standard InChI is InChI=1S/C17H22O6/c1-10(2)16(19)23-15-6-11(3)14(20-5)7-13(15)17(9-22-17)8-21-12(4)18/h6-7,10H,8-9H2,1-5H3. The van der Waals surface area contributed by atoms with Gasteiger partial charge in [0, 0.05) is 12.5 Å². The molecule has 1 aromatic carbocycles. The number of carbonyl (C=O) groups excluding carboxylic acids is 2. The van der Waals surface area contributed by atoms with E-state index in [9.17, 15) is 9.59 Å². The molecular formula is C17H22O6. The van der Waals surface area contributed by atoms with Gasteiger partial charge in [0.2, 0.25) is 0 Å². The molecule has 1 fully saturated rings. The molecule has 6 nitrogen and oxygen atoms in total.